The third-order valence-corrected chi connectivity index (χ3v) is 7.58. The van der Waals surface area contributed by atoms with Crippen molar-refractivity contribution >= 4 is 33.4 Å². The molecule has 38 heavy (non-hydrogen) atoms. The van der Waals surface area contributed by atoms with Crippen LogP contribution < -0.4 is 20.8 Å². The summed E-state index contributed by atoms with van der Waals surface area (Å²) in [6, 6.07) is 6.86. The number of aromatic nitrogens is 1. The van der Waals surface area contributed by atoms with Crippen LogP contribution in [0.5, 0.6) is 11.5 Å². The van der Waals surface area contributed by atoms with Gasteiger partial charge in [-0.3, -0.25) is 14.5 Å². The van der Waals surface area contributed by atoms with Crippen molar-refractivity contribution in [2.45, 2.75) is 39.0 Å². The van der Waals surface area contributed by atoms with Gasteiger partial charge in [0.1, 0.15) is 11.6 Å². The van der Waals surface area contributed by atoms with E-state index in [0.29, 0.717) is 36.5 Å². The number of aryl methyl sites for hydroxylation is 1. The molecule has 1 aliphatic rings. The zero-order chi connectivity index (χ0) is 27.8. The number of pyridine rings is 1. The standard InChI is InChI=1S/C27H34N4O6S/c1-27(2,3)37-26(34)31-10-9-30(20(15-31)24(28)32)13-17-12-18-23(38-17)19(14-29(4)25(18)33)16-7-8-21(35-5)22(11-16)36-6/h7-8,11-12,14,20H,9-10,13,15H2,1-6H3,(H2,28,32)/t20-/m1/s1. The lowest BCUT2D eigenvalue weighted by Gasteiger charge is -2.39. The largest absolute Gasteiger partial charge is 0.493 e. The predicted octanol–water partition coefficient (Wildman–Crippen LogP) is 3.19. The highest BCUT2D eigenvalue weighted by atomic mass is 32.1. The van der Waals surface area contributed by atoms with E-state index in [1.807, 2.05) is 35.4 Å². The van der Waals surface area contributed by atoms with Crippen LogP contribution in [-0.2, 0) is 23.1 Å². The Hall–Kier alpha value is -3.57. The zero-order valence-electron chi connectivity index (χ0n) is 22.6. The van der Waals surface area contributed by atoms with Gasteiger partial charge < -0.3 is 29.4 Å². The molecule has 0 unspecified atom stereocenters. The third kappa shape index (κ3) is 5.63. The Morgan fingerprint density at radius 3 is 2.45 bits per heavy atom. The number of hydrogen-bond acceptors (Lipinski definition) is 8. The van der Waals surface area contributed by atoms with Gasteiger partial charge in [0.05, 0.1) is 19.6 Å². The third-order valence-electron chi connectivity index (χ3n) is 6.43. The molecule has 0 spiro atoms. The first-order valence-corrected chi connectivity index (χ1v) is 13.1. The molecule has 11 heteroatoms. The maximum atomic E-state index is 13.0. The summed E-state index contributed by atoms with van der Waals surface area (Å²) in [4.78, 5) is 42.4. The molecule has 3 heterocycles. The van der Waals surface area contributed by atoms with Crippen LogP contribution >= 0.6 is 11.3 Å². The van der Waals surface area contributed by atoms with Gasteiger partial charge in [-0.15, -0.1) is 11.3 Å². The number of thiophene rings is 1. The average Bonchev–Trinajstić information content (AvgIpc) is 3.28. The van der Waals surface area contributed by atoms with Crippen LogP contribution in [0.2, 0.25) is 0 Å². The van der Waals surface area contributed by atoms with Crippen LogP contribution in [0.25, 0.3) is 21.2 Å². The molecular formula is C27H34N4O6S. The van der Waals surface area contributed by atoms with Crippen LogP contribution in [0.3, 0.4) is 0 Å². The van der Waals surface area contributed by atoms with E-state index in [4.69, 9.17) is 19.9 Å². The molecule has 2 N–H and O–H groups in total. The summed E-state index contributed by atoms with van der Waals surface area (Å²) in [5.41, 5.74) is 6.78. The van der Waals surface area contributed by atoms with Gasteiger partial charge in [0.2, 0.25) is 5.91 Å². The van der Waals surface area contributed by atoms with Gasteiger partial charge in [-0.05, 0) is 44.5 Å². The molecular weight excluding hydrogens is 508 g/mol. The molecule has 1 aliphatic heterocycles. The van der Waals surface area contributed by atoms with Crippen LogP contribution in [0.15, 0.2) is 35.3 Å². The number of carbonyl (C=O) groups is 2. The van der Waals surface area contributed by atoms with Crippen LogP contribution in [-0.4, -0.2) is 71.9 Å². The monoisotopic (exact) mass is 542 g/mol. The van der Waals surface area contributed by atoms with E-state index in [9.17, 15) is 14.4 Å². The van der Waals surface area contributed by atoms with Crippen molar-refractivity contribution in [3.63, 3.8) is 0 Å². The van der Waals surface area contributed by atoms with Crippen LogP contribution in [0.4, 0.5) is 4.79 Å². The first-order valence-electron chi connectivity index (χ1n) is 12.3. The van der Waals surface area contributed by atoms with Crippen molar-refractivity contribution in [3.05, 3.63) is 45.7 Å². The Morgan fingerprint density at radius 1 is 1.11 bits per heavy atom. The van der Waals surface area contributed by atoms with Gasteiger partial charge >= 0.3 is 6.09 Å². The molecule has 1 saturated heterocycles. The number of fused-ring (bicyclic) bond motifs is 1. The molecule has 2 amide bonds. The van der Waals surface area contributed by atoms with E-state index >= 15 is 0 Å². The minimum Gasteiger partial charge on any atom is -0.493 e. The van der Waals surface area contributed by atoms with Crippen molar-refractivity contribution in [1.82, 2.24) is 14.4 Å². The molecule has 2 aromatic heterocycles. The summed E-state index contributed by atoms with van der Waals surface area (Å²) in [6.07, 6.45) is 1.35. The molecule has 1 fully saturated rings. The maximum absolute atomic E-state index is 13.0. The molecule has 0 radical (unpaired) electrons. The van der Waals surface area contributed by atoms with E-state index < -0.39 is 23.6 Å². The van der Waals surface area contributed by atoms with Gasteiger partial charge in [-0.1, -0.05) is 6.07 Å². The van der Waals surface area contributed by atoms with E-state index in [0.717, 1.165) is 20.7 Å². The Labute approximate surface area is 225 Å². The smallest absolute Gasteiger partial charge is 0.410 e. The molecule has 10 nitrogen and oxygen atoms in total. The first kappa shape index (κ1) is 27.5. The SMILES string of the molecule is COc1ccc(-c2cn(C)c(=O)c3cc(CN4CCN(C(=O)OC(C)(C)C)C[C@@H]4C(N)=O)sc23)cc1OC. The maximum Gasteiger partial charge on any atom is 0.410 e. The summed E-state index contributed by atoms with van der Waals surface area (Å²) < 4.78 is 18.7. The van der Waals surface area contributed by atoms with Gasteiger partial charge in [-0.2, -0.15) is 0 Å². The Bertz CT molecular complexity index is 1420. The normalized spacial score (nSPS) is 16.5. The summed E-state index contributed by atoms with van der Waals surface area (Å²) in [6.45, 7) is 6.82. The number of ether oxygens (including phenoxy) is 3. The van der Waals surface area contributed by atoms with E-state index in [2.05, 4.69) is 0 Å². The van der Waals surface area contributed by atoms with Gasteiger partial charge in [0, 0.05) is 54.6 Å². The lowest BCUT2D eigenvalue weighted by atomic mass is 10.1. The van der Waals surface area contributed by atoms with Crippen molar-refractivity contribution in [2.75, 3.05) is 33.9 Å². The van der Waals surface area contributed by atoms with Gasteiger partial charge in [0.15, 0.2) is 11.5 Å². The van der Waals surface area contributed by atoms with E-state index in [1.54, 1.807) is 46.6 Å². The van der Waals surface area contributed by atoms with Crippen LogP contribution in [0.1, 0.15) is 25.6 Å². The molecule has 3 aromatic rings. The molecule has 0 aliphatic carbocycles. The Kier molecular flexibility index (Phi) is 7.70. The number of nitrogens with two attached hydrogens (primary N) is 1. The lowest BCUT2D eigenvalue weighted by molar-refractivity contribution is -0.125. The predicted molar refractivity (Wildman–Crippen MR) is 147 cm³/mol. The highest BCUT2D eigenvalue weighted by molar-refractivity contribution is 7.19. The number of nitrogens with zero attached hydrogens (tertiary/aromatic N) is 3. The van der Waals surface area contributed by atoms with Crippen molar-refractivity contribution in [1.29, 1.82) is 0 Å². The molecule has 204 valence electrons. The van der Waals surface area contributed by atoms with E-state index in [-0.39, 0.29) is 12.1 Å². The van der Waals surface area contributed by atoms with Crippen molar-refractivity contribution in [2.24, 2.45) is 12.8 Å². The lowest BCUT2D eigenvalue weighted by Crippen LogP contribution is -2.59. The number of benzene rings is 1. The summed E-state index contributed by atoms with van der Waals surface area (Å²) in [5, 5.41) is 0.600. The minimum absolute atomic E-state index is 0.104. The molecule has 1 atom stereocenters. The fourth-order valence-corrected chi connectivity index (χ4v) is 5.77. The topological polar surface area (TPSA) is 116 Å². The van der Waals surface area contributed by atoms with Crippen molar-refractivity contribution in [3.8, 4) is 22.6 Å². The highest BCUT2D eigenvalue weighted by Gasteiger charge is 2.35. The molecule has 1 aromatic carbocycles. The number of hydrogen-bond donors (Lipinski definition) is 1. The Balaban J connectivity index is 1.65. The fraction of sp³-hybridized carbons (Fsp3) is 0.444. The van der Waals surface area contributed by atoms with Gasteiger partial charge in [0.25, 0.3) is 5.56 Å². The quantitative estimate of drug-likeness (QED) is 0.509. The van der Waals surface area contributed by atoms with E-state index in [1.165, 1.54) is 16.2 Å². The summed E-state index contributed by atoms with van der Waals surface area (Å²) in [7, 11) is 4.89. The number of piperazine rings is 1. The van der Waals surface area contributed by atoms with Gasteiger partial charge in [-0.25, -0.2) is 4.79 Å². The molecule has 0 saturated carbocycles. The summed E-state index contributed by atoms with van der Waals surface area (Å²) >= 11 is 1.50. The molecule has 0 bridgehead atoms. The number of rotatable bonds is 6. The second kappa shape index (κ2) is 10.7. The summed E-state index contributed by atoms with van der Waals surface area (Å²) in [5.74, 6) is 0.699. The number of amides is 2. The number of carbonyl (C=O) groups excluding carboxylic acids is 2. The average molecular weight is 543 g/mol. The number of methoxy groups -OCH3 is 2. The second-order valence-corrected chi connectivity index (χ2v) is 11.4. The molecule has 4 rings (SSSR count). The number of primary amides is 1. The zero-order valence-corrected chi connectivity index (χ0v) is 23.4. The fourth-order valence-electron chi connectivity index (χ4n) is 4.56. The van der Waals surface area contributed by atoms with Crippen molar-refractivity contribution < 1.29 is 23.8 Å². The highest BCUT2D eigenvalue weighted by Crippen LogP contribution is 2.38. The Morgan fingerprint density at radius 2 is 1.82 bits per heavy atom. The van der Waals surface area contributed by atoms with Crippen LogP contribution in [0, 0.1) is 0 Å². The minimum atomic E-state index is -0.672. The first-order chi connectivity index (χ1) is 17.9. The second-order valence-electron chi connectivity index (χ2n) is 10.3.